The number of halogens is 5. The SMILES string of the molecule is COc1c(F)c(F)c(C(=O)NC(=S)Nc2ccc(N3CCCC3)c(Cl)c2)c(F)c1F. The molecule has 1 saturated heterocycles. The van der Waals surface area contributed by atoms with Gasteiger partial charge in [0.2, 0.25) is 11.6 Å². The highest BCUT2D eigenvalue weighted by Gasteiger charge is 2.30. The van der Waals surface area contributed by atoms with Crippen LogP contribution in [0.5, 0.6) is 5.75 Å². The van der Waals surface area contributed by atoms with Crippen molar-refractivity contribution in [3.8, 4) is 5.75 Å². The first-order valence-electron chi connectivity index (χ1n) is 8.81. The van der Waals surface area contributed by atoms with Crippen LogP contribution < -0.4 is 20.3 Å². The first kappa shape index (κ1) is 22.1. The van der Waals surface area contributed by atoms with Crippen LogP contribution in [0.25, 0.3) is 0 Å². The standard InChI is InChI=1S/C19H16ClF4N3O2S/c1-29-17-15(23)13(21)12(14(22)16(17)24)18(28)26-19(30)25-9-4-5-11(10(20)8-9)27-6-2-3-7-27/h4-5,8H,2-3,6-7H2,1H3,(H2,25,26,28,30). The number of methoxy groups -OCH3 is 1. The average molecular weight is 462 g/mol. The van der Waals surface area contributed by atoms with Crippen LogP contribution in [0.4, 0.5) is 28.9 Å². The van der Waals surface area contributed by atoms with Crippen molar-refractivity contribution in [3.63, 3.8) is 0 Å². The lowest BCUT2D eigenvalue weighted by Gasteiger charge is -2.20. The minimum atomic E-state index is -1.90. The van der Waals surface area contributed by atoms with Gasteiger partial charge in [0.1, 0.15) is 5.56 Å². The number of thiocarbonyl (C=S) groups is 1. The molecule has 2 aromatic rings. The Bertz CT molecular complexity index is 987. The summed E-state index contributed by atoms with van der Waals surface area (Å²) in [6.45, 7) is 1.79. The van der Waals surface area contributed by atoms with Crippen molar-refractivity contribution in [1.82, 2.24) is 5.32 Å². The molecule has 0 radical (unpaired) electrons. The number of nitrogens with zero attached hydrogens (tertiary/aromatic N) is 1. The number of hydrogen-bond acceptors (Lipinski definition) is 4. The van der Waals surface area contributed by atoms with Crippen LogP contribution in [-0.2, 0) is 0 Å². The molecule has 1 heterocycles. The number of ether oxygens (including phenoxy) is 1. The first-order chi connectivity index (χ1) is 14.2. The topological polar surface area (TPSA) is 53.6 Å². The van der Waals surface area contributed by atoms with Gasteiger partial charge in [-0.3, -0.25) is 10.1 Å². The predicted molar refractivity (Wildman–Crippen MR) is 109 cm³/mol. The number of amides is 1. The van der Waals surface area contributed by atoms with Gasteiger partial charge in [-0.25, -0.2) is 8.78 Å². The summed E-state index contributed by atoms with van der Waals surface area (Å²) in [4.78, 5) is 14.3. The van der Waals surface area contributed by atoms with Crippen LogP contribution in [0.15, 0.2) is 18.2 Å². The first-order valence-corrected chi connectivity index (χ1v) is 9.60. The van der Waals surface area contributed by atoms with Gasteiger partial charge in [0, 0.05) is 18.8 Å². The monoisotopic (exact) mass is 461 g/mol. The quantitative estimate of drug-likeness (QED) is 0.395. The molecule has 0 spiro atoms. The third kappa shape index (κ3) is 4.29. The third-order valence-electron chi connectivity index (χ3n) is 4.53. The summed E-state index contributed by atoms with van der Waals surface area (Å²) in [5, 5.41) is 4.72. The Morgan fingerprint density at radius 1 is 1.10 bits per heavy atom. The smallest absolute Gasteiger partial charge is 0.263 e. The van der Waals surface area contributed by atoms with E-state index in [1.165, 1.54) is 0 Å². The third-order valence-corrected chi connectivity index (χ3v) is 5.04. The lowest BCUT2D eigenvalue weighted by atomic mass is 10.1. The molecule has 3 rings (SSSR count). The molecule has 30 heavy (non-hydrogen) atoms. The van der Waals surface area contributed by atoms with E-state index in [2.05, 4.69) is 15.0 Å². The van der Waals surface area contributed by atoms with E-state index in [0.717, 1.165) is 38.7 Å². The molecule has 2 aromatic carbocycles. The van der Waals surface area contributed by atoms with Crippen molar-refractivity contribution in [2.75, 3.05) is 30.4 Å². The fourth-order valence-corrected chi connectivity index (χ4v) is 3.63. The second-order valence-electron chi connectivity index (χ2n) is 6.43. The number of carbonyl (C=O) groups excluding carboxylic acids is 1. The minimum absolute atomic E-state index is 0.347. The van der Waals surface area contributed by atoms with Gasteiger partial charge in [0.25, 0.3) is 5.91 Å². The molecule has 0 aliphatic carbocycles. The molecule has 2 N–H and O–H groups in total. The van der Waals surface area contributed by atoms with Gasteiger partial charge in [0.15, 0.2) is 22.5 Å². The number of anilines is 2. The Morgan fingerprint density at radius 3 is 2.23 bits per heavy atom. The maximum atomic E-state index is 14.1. The van der Waals surface area contributed by atoms with Gasteiger partial charge < -0.3 is 15.0 Å². The summed E-state index contributed by atoms with van der Waals surface area (Å²) < 4.78 is 60.0. The summed E-state index contributed by atoms with van der Waals surface area (Å²) in [7, 11) is 0.833. The molecule has 1 fully saturated rings. The maximum absolute atomic E-state index is 14.1. The zero-order chi connectivity index (χ0) is 22.0. The predicted octanol–water partition coefficient (Wildman–Crippen LogP) is 4.63. The zero-order valence-corrected chi connectivity index (χ0v) is 17.2. The molecule has 1 aliphatic heterocycles. The van der Waals surface area contributed by atoms with E-state index in [-0.39, 0.29) is 5.11 Å². The molecule has 0 atom stereocenters. The Kier molecular flexibility index (Phi) is 6.67. The van der Waals surface area contributed by atoms with Gasteiger partial charge in [-0.1, -0.05) is 11.6 Å². The van der Waals surface area contributed by atoms with Crippen molar-refractivity contribution in [3.05, 3.63) is 52.1 Å². The summed E-state index contributed by atoms with van der Waals surface area (Å²) >= 11 is 11.2. The summed E-state index contributed by atoms with van der Waals surface area (Å²) in [5.74, 6) is -10.2. The highest BCUT2D eigenvalue weighted by molar-refractivity contribution is 7.80. The van der Waals surface area contributed by atoms with Crippen LogP contribution in [0, 0.1) is 23.3 Å². The molecular weight excluding hydrogens is 446 g/mol. The van der Waals surface area contributed by atoms with E-state index in [1.807, 2.05) is 5.32 Å². The molecule has 5 nitrogen and oxygen atoms in total. The number of rotatable bonds is 4. The summed E-state index contributed by atoms with van der Waals surface area (Å²) in [6.07, 6.45) is 2.15. The fraction of sp³-hybridized carbons (Fsp3) is 0.263. The van der Waals surface area contributed by atoms with E-state index in [1.54, 1.807) is 18.2 Å². The Balaban J connectivity index is 1.74. The molecule has 0 bridgehead atoms. The van der Waals surface area contributed by atoms with Crippen LogP contribution in [0.3, 0.4) is 0 Å². The normalized spacial score (nSPS) is 13.3. The van der Waals surface area contributed by atoms with Gasteiger partial charge in [-0.05, 0) is 43.3 Å². The number of nitrogens with one attached hydrogen (secondary N) is 2. The van der Waals surface area contributed by atoms with E-state index < -0.39 is 40.5 Å². The fourth-order valence-electron chi connectivity index (χ4n) is 3.12. The van der Waals surface area contributed by atoms with Gasteiger partial charge >= 0.3 is 0 Å². The second-order valence-corrected chi connectivity index (χ2v) is 7.25. The minimum Gasteiger partial charge on any atom is -0.491 e. The van der Waals surface area contributed by atoms with Crippen LogP contribution in [0.1, 0.15) is 23.2 Å². The molecule has 1 amide bonds. The number of hydrogen-bond donors (Lipinski definition) is 2. The van der Waals surface area contributed by atoms with Crippen LogP contribution in [0.2, 0.25) is 5.02 Å². The van der Waals surface area contributed by atoms with E-state index >= 15 is 0 Å². The molecule has 0 unspecified atom stereocenters. The van der Waals surface area contributed by atoms with Crippen molar-refractivity contribution >= 4 is 46.2 Å². The van der Waals surface area contributed by atoms with Crippen LogP contribution >= 0.6 is 23.8 Å². The van der Waals surface area contributed by atoms with Crippen molar-refractivity contribution in [1.29, 1.82) is 0 Å². The highest BCUT2D eigenvalue weighted by atomic mass is 35.5. The largest absolute Gasteiger partial charge is 0.491 e. The lowest BCUT2D eigenvalue weighted by Crippen LogP contribution is -2.35. The Morgan fingerprint density at radius 2 is 1.70 bits per heavy atom. The van der Waals surface area contributed by atoms with Crippen molar-refractivity contribution < 1.29 is 27.1 Å². The summed E-state index contributed by atoms with van der Waals surface area (Å²) in [5.41, 5.74) is -0.207. The Labute approximate surface area is 179 Å². The van der Waals surface area contributed by atoms with Gasteiger partial charge in [-0.2, -0.15) is 8.78 Å². The molecule has 11 heteroatoms. The van der Waals surface area contributed by atoms with Gasteiger partial charge in [0.05, 0.1) is 17.8 Å². The van der Waals surface area contributed by atoms with Crippen molar-refractivity contribution in [2.24, 2.45) is 0 Å². The molecule has 0 saturated carbocycles. The maximum Gasteiger partial charge on any atom is 0.263 e. The zero-order valence-electron chi connectivity index (χ0n) is 15.6. The molecular formula is C19H16ClF4N3O2S. The van der Waals surface area contributed by atoms with Crippen LogP contribution in [-0.4, -0.2) is 31.2 Å². The number of benzene rings is 2. The van der Waals surface area contributed by atoms with E-state index in [9.17, 15) is 22.4 Å². The molecule has 160 valence electrons. The second kappa shape index (κ2) is 9.05. The average Bonchev–Trinajstić information content (AvgIpc) is 3.21. The Hall–Kier alpha value is -2.59. The van der Waals surface area contributed by atoms with E-state index in [4.69, 9.17) is 23.8 Å². The lowest BCUT2D eigenvalue weighted by molar-refractivity contribution is 0.0966. The highest BCUT2D eigenvalue weighted by Crippen LogP contribution is 2.32. The molecule has 1 aliphatic rings. The van der Waals surface area contributed by atoms with E-state index in [0.29, 0.717) is 10.7 Å². The van der Waals surface area contributed by atoms with Gasteiger partial charge in [-0.15, -0.1) is 0 Å². The molecule has 0 aromatic heterocycles. The summed E-state index contributed by atoms with van der Waals surface area (Å²) in [6, 6.07) is 5.00. The number of carbonyl (C=O) groups is 1. The van der Waals surface area contributed by atoms with Crippen molar-refractivity contribution in [2.45, 2.75) is 12.8 Å².